The molecule has 0 bridgehead atoms. The third-order valence-electron chi connectivity index (χ3n) is 3.67. The Hall–Kier alpha value is -3.07. The van der Waals surface area contributed by atoms with E-state index in [9.17, 15) is 4.79 Å². The highest BCUT2D eigenvalue weighted by Crippen LogP contribution is 2.25. The fourth-order valence-corrected chi connectivity index (χ4v) is 2.48. The summed E-state index contributed by atoms with van der Waals surface area (Å²) < 4.78 is 0. The standard InChI is InChI=1S/C20H18N2O/c1-14-7-12-18(15-5-3-2-4-6-15)19(13-14)20(23)22-17-10-8-16(21)9-11-17/h2-13H,21H2,1H3,(H,22,23). The number of rotatable bonds is 3. The second-order valence-electron chi connectivity index (χ2n) is 5.49. The van der Waals surface area contributed by atoms with Crippen LogP contribution in [0.4, 0.5) is 11.4 Å². The monoisotopic (exact) mass is 302 g/mol. The number of carbonyl (C=O) groups excluding carboxylic acids is 1. The zero-order chi connectivity index (χ0) is 16.2. The second kappa shape index (κ2) is 6.36. The minimum absolute atomic E-state index is 0.127. The summed E-state index contributed by atoms with van der Waals surface area (Å²) >= 11 is 0. The Morgan fingerprint density at radius 2 is 1.61 bits per heavy atom. The third kappa shape index (κ3) is 3.40. The summed E-state index contributed by atoms with van der Waals surface area (Å²) in [5, 5.41) is 2.93. The Bertz CT molecular complexity index is 824. The average Bonchev–Trinajstić information content (AvgIpc) is 2.57. The number of nitrogens with two attached hydrogens (primary N) is 1. The molecule has 3 aromatic rings. The number of nitrogen functional groups attached to an aromatic ring is 1. The van der Waals surface area contributed by atoms with Gasteiger partial charge >= 0.3 is 0 Å². The van der Waals surface area contributed by atoms with E-state index in [1.165, 1.54) is 0 Å². The largest absolute Gasteiger partial charge is 0.399 e. The van der Waals surface area contributed by atoms with Gasteiger partial charge in [-0.2, -0.15) is 0 Å². The van der Waals surface area contributed by atoms with Crippen LogP contribution < -0.4 is 11.1 Å². The van der Waals surface area contributed by atoms with Gasteiger partial charge in [-0.15, -0.1) is 0 Å². The Balaban J connectivity index is 1.96. The highest BCUT2D eigenvalue weighted by molar-refractivity contribution is 6.08. The zero-order valence-corrected chi connectivity index (χ0v) is 12.9. The van der Waals surface area contributed by atoms with E-state index >= 15 is 0 Å². The molecule has 3 rings (SSSR count). The van der Waals surface area contributed by atoms with Gasteiger partial charge in [0.1, 0.15) is 0 Å². The first kappa shape index (κ1) is 14.9. The summed E-state index contributed by atoms with van der Waals surface area (Å²) in [6.07, 6.45) is 0. The number of nitrogens with one attached hydrogen (secondary N) is 1. The number of aryl methyl sites for hydroxylation is 1. The van der Waals surface area contributed by atoms with Crippen molar-refractivity contribution in [2.45, 2.75) is 6.92 Å². The number of hydrogen-bond donors (Lipinski definition) is 2. The van der Waals surface area contributed by atoms with Gasteiger partial charge in [0.15, 0.2) is 0 Å². The smallest absolute Gasteiger partial charge is 0.256 e. The van der Waals surface area contributed by atoms with Crippen LogP contribution in [-0.2, 0) is 0 Å². The molecule has 3 aromatic carbocycles. The van der Waals surface area contributed by atoms with Gasteiger partial charge in [0.05, 0.1) is 0 Å². The summed E-state index contributed by atoms with van der Waals surface area (Å²) in [6.45, 7) is 1.98. The number of anilines is 2. The van der Waals surface area contributed by atoms with Crippen molar-refractivity contribution in [2.75, 3.05) is 11.1 Å². The van der Waals surface area contributed by atoms with Gasteiger partial charge in [-0.3, -0.25) is 4.79 Å². The van der Waals surface area contributed by atoms with Crippen LogP contribution >= 0.6 is 0 Å². The molecule has 0 aliphatic heterocycles. The first-order chi connectivity index (χ1) is 11.1. The zero-order valence-electron chi connectivity index (χ0n) is 12.9. The quantitative estimate of drug-likeness (QED) is 0.700. The summed E-state index contributed by atoms with van der Waals surface area (Å²) in [7, 11) is 0. The maximum absolute atomic E-state index is 12.7. The van der Waals surface area contributed by atoms with Crippen LogP contribution in [0.2, 0.25) is 0 Å². The summed E-state index contributed by atoms with van der Waals surface area (Å²) in [5.41, 5.74) is 10.7. The van der Waals surface area contributed by atoms with E-state index in [2.05, 4.69) is 5.32 Å². The lowest BCUT2D eigenvalue weighted by Crippen LogP contribution is -2.13. The molecule has 3 heteroatoms. The number of carbonyl (C=O) groups is 1. The SMILES string of the molecule is Cc1ccc(-c2ccccc2)c(C(=O)Nc2ccc(N)cc2)c1. The summed E-state index contributed by atoms with van der Waals surface area (Å²) in [6, 6.07) is 23.0. The molecule has 0 fully saturated rings. The first-order valence-electron chi connectivity index (χ1n) is 7.46. The number of amides is 1. The van der Waals surface area contributed by atoms with Crippen molar-refractivity contribution in [1.82, 2.24) is 0 Å². The predicted molar refractivity (Wildman–Crippen MR) is 95.4 cm³/mol. The van der Waals surface area contributed by atoms with Gasteiger partial charge in [-0.05, 0) is 48.4 Å². The lowest BCUT2D eigenvalue weighted by molar-refractivity contribution is 0.102. The molecule has 0 aromatic heterocycles. The molecule has 23 heavy (non-hydrogen) atoms. The van der Waals surface area contributed by atoms with Crippen molar-refractivity contribution in [3.63, 3.8) is 0 Å². The van der Waals surface area contributed by atoms with E-state index in [-0.39, 0.29) is 5.91 Å². The number of hydrogen-bond acceptors (Lipinski definition) is 2. The molecule has 0 unspecified atom stereocenters. The molecule has 0 aliphatic carbocycles. The van der Waals surface area contributed by atoms with E-state index in [0.29, 0.717) is 11.3 Å². The maximum Gasteiger partial charge on any atom is 0.256 e. The molecule has 0 atom stereocenters. The fourth-order valence-electron chi connectivity index (χ4n) is 2.48. The van der Waals surface area contributed by atoms with Crippen LogP contribution in [0.15, 0.2) is 72.8 Å². The van der Waals surface area contributed by atoms with Crippen molar-refractivity contribution in [1.29, 1.82) is 0 Å². The number of benzene rings is 3. The van der Waals surface area contributed by atoms with E-state index in [4.69, 9.17) is 5.73 Å². The van der Waals surface area contributed by atoms with Crippen LogP contribution in [0.1, 0.15) is 15.9 Å². The molecule has 3 nitrogen and oxygen atoms in total. The molecular formula is C20H18N2O. The van der Waals surface area contributed by atoms with Crippen LogP contribution in [0, 0.1) is 6.92 Å². The molecule has 0 heterocycles. The highest BCUT2D eigenvalue weighted by atomic mass is 16.1. The molecule has 0 radical (unpaired) electrons. The average molecular weight is 302 g/mol. The minimum atomic E-state index is -0.127. The van der Waals surface area contributed by atoms with E-state index in [0.717, 1.165) is 22.4 Å². The first-order valence-corrected chi connectivity index (χ1v) is 7.46. The molecule has 3 N–H and O–H groups in total. The van der Waals surface area contributed by atoms with Gasteiger partial charge in [0.2, 0.25) is 0 Å². The second-order valence-corrected chi connectivity index (χ2v) is 5.49. The lowest BCUT2D eigenvalue weighted by Gasteiger charge is -2.12. The van der Waals surface area contributed by atoms with E-state index in [1.807, 2.05) is 55.5 Å². The van der Waals surface area contributed by atoms with Crippen molar-refractivity contribution in [2.24, 2.45) is 0 Å². The topological polar surface area (TPSA) is 55.1 Å². The van der Waals surface area contributed by atoms with Gasteiger partial charge in [-0.25, -0.2) is 0 Å². The van der Waals surface area contributed by atoms with Crippen molar-refractivity contribution < 1.29 is 4.79 Å². The van der Waals surface area contributed by atoms with Gasteiger partial charge in [-0.1, -0.05) is 48.0 Å². The molecule has 0 spiro atoms. The van der Waals surface area contributed by atoms with Crippen LogP contribution in [0.25, 0.3) is 11.1 Å². The molecule has 0 aliphatic rings. The fraction of sp³-hybridized carbons (Fsp3) is 0.0500. The Labute approximate surface area is 135 Å². The normalized spacial score (nSPS) is 10.3. The van der Waals surface area contributed by atoms with Crippen molar-refractivity contribution in [3.05, 3.63) is 83.9 Å². The summed E-state index contributed by atoms with van der Waals surface area (Å²) in [5.74, 6) is -0.127. The van der Waals surface area contributed by atoms with Crippen LogP contribution in [-0.4, -0.2) is 5.91 Å². The molecular weight excluding hydrogens is 284 g/mol. The Morgan fingerprint density at radius 3 is 2.30 bits per heavy atom. The lowest BCUT2D eigenvalue weighted by atomic mass is 9.97. The predicted octanol–water partition coefficient (Wildman–Crippen LogP) is 4.50. The highest BCUT2D eigenvalue weighted by Gasteiger charge is 2.13. The molecule has 0 saturated heterocycles. The van der Waals surface area contributed by atoms with E-state index < -0.39 is 0 Å². The third-order valence-corrected chi connectivity index (χ3v) is 3.67. The van der Waals surface area contributed by atoms with Crippen molar-refractivity contribution >= 4 is 17.3 Å². The molecule has 114 valence electrons. The molecule has 0 saturated carbocycles. The maximum atomic E-state index is 12.7. The van der Waals surface area contributed by atoms with Gasteiger partial charge in [0.25, 0.3) is 5.91 Å². The molecule has 1 amide bonds. The Kier molecular flexibility index (Phi) is 4.11. The van der Waals surface area contributed by atoms with E-state index in [1.54, 1.807) is 24.3 Å². The van der Waals surface area contributed by atoms with Crippen molar-refractivity contribution in [3.8, 4) is 11.1 Å². The van der Waals surface area contributed by atoms with Gasteiger partial charge < -0.3 is 11.1 Å². The minimum Gasteiger partial charge on any atom is -0.399 e. The summed E-state index contributed by atoms with van der Waals surface area (Å²) in [4.78, 5) is 12.7. The van der Waals surface area contributed by atoms with Crippen LogP contribution in [0.3, 0.4) is 0 Å². The Morgan fingerprint density at radius 1 is 0.913 bits per heavy atom. The van der Waals surface area contributed by atoms with Crippen LogP contribution in [0.5, 0.6) is 0 Å². The van der Waals surface area contributed by atoms with Gasteiger partial charge in [0, 0.05) is 16.9 Å².